The van der Waals surface area contributed by atoms with Crippen LogP contribution in [0.1, 0.15) is 84.5 Å². The molecule has 1 saturated carbocycles. The molecule has 5 nitrogen and oxygen atoms in total. The predicted molar refractivity (Wildman–Crippen MR) is 104 cm³/mol. The summed E-state index contributed by atoms with van der Waals surface area (Å²) in [5.41, 5.74) is 1.37. The number of esters is 1. The number of hydrogen-bond acceptors (Lipinski definition) is 4. The molecular formula is C21H36N2O3. The molecule has 1 saturated heterocycles. The number of rotatable bonds is 10. The van der Waals surface area contributed by atoms with Crippen LogP contribution in [0.5, 0.6) is 0 Å². The van der Waals surface area contributed by atoms with Crippen molar-refractivity contribution in [3.63, 3.8) is 0 Å². The van der Waals surface area contributed by atoms with E-state index < -0.39 is 0 Å². The Bertz CT molecular complexity index is 482. The van der Waals surface area contributed by atoms with Crippen molar-refractivity contribution < 1.29 is 14.3 Å². The monoisotopic (exact) mass is 364 g/mol. The van der Waals surface area contributed by atoms with Gasteiger partial charge in [-0.25, -0.2) is 0 Å². The Kier molecular flexibility index (Phi) is 9.13. The summed E-state index contributed by atoms with van der Waals surface area (Å²) in [6.07, 6.45) is 11.4. The molecule has 148 valence electrons. The first-order chi connectivity index (χ1) is 12.6. The maximum absolute atomic E-state index is 12.3. The van der Waals surface area contributed by atoms with Gasteiger partial charge in [0.05, 0.1) is 18.6 Å². The highest BCUT2D eigenvalue weighted by molar-refractivity contribution is 5.87. The zero-order valence-electron chi connectivity index (χ0n) is 16.7. The third kappa shape index (κ3) is 6.73. The fourth-order valence-electron chi connectivity index (χ4n) is 3.84. The lowest BCUT2D eigenvalue weighted by Crippen LogP contribution is -2.30. The van der Waals surface area contributed by atoms with Crippen molar-refractivity contribution >= 4 is 17.6 Å². The van der Waals surface area contributed by atoms with Crippen LogP contribution >= 0.6 is 0 Å². The summed E-state index contributed by atoms with van der Waals surface area (Å²) < 4.78 is 5.29. The zero-order valence-corrected chi connectivity index (χ0v) is 16.7. The van der Waals surface area contributed by atoms with Crippen LogP contribution in [-0.4, -0.2) is 48.2 Å². The molecule has 1 aliphatic carbocycles. The smallest absolute Gasteiger partial charge is 0.311 e. The first kappa shape index (κ1) is 20.9. The number of likely N-dealkylation sites (tertiary alicyclic amines) is 1. The number of carbonyl (C=O) groups is 2. The van der Waals surface area contributed by atoms with Gasteiger partial charge in [0.1, 0.15) is 0 Å². The van der Waals surface area contributed by atoms with Gasteiger partial charge in [0.15, 0.2) is 0 Å². The molecule has 5 heteroatoms. The van der Waals surface area contributed by atoms with E-state index in [0.717, 1.165) is 44.9 Å². The third-order valence-electron chi connectivity index (χ3n) is 5.44. The fourth-order valence-corrected chi connectivity index (χ4v) is 3.84. The van der Waals surface area contributed by atoms with Crippen LogP contribution in [0.2, 0.25) is 0 Å². The first-order valence-corrected chi connectivity index (χ1v) is 10.6. The summed E-state index contributed by atoms with van der Waals surface area (Å²) in [5.74, 6) is -0.404. The molecule has 0 aromatic heterocycles. The molecule has 0 aromatic carbocycles. The van der Waals surface area contributed by atoms with E-state index in [1.54, 1.807) is 0 Å². The summed E-state index contributed by atoms with van der Waals surface area (Å²) >= 11 is 0. The summed E-state index contributed by atoms with van der Waals surface area (Å²) in [5, 5.41) is 0. The molecule has 1 heterocycles. The van der Waals surface area contributed by atoms with Crippen LogP contribution in [0, 0.1) is 5.92 Å². The van der Waals surface area contributed by atoms with Crippen molar-refractivity contribution in [1.29, 1.82) is 0 Å². The highest BCUT2D eigenvalue weighted by Crippen LogP contribution is 2.22. The molecule has 0 aromatic rings. The third-order valence-corrected chi connectivity index (χ3v) is 5.44. The summed E-state index contributed by atoms with van der Waals surface area (Å²) in [6, 6.07) is 0.316. The quantitative estimate of drug-likeness (QED) is 0.432. The molecule has 26 heavy (non-hydrogen) atoms. The van der Waals surface area contributed by atoms with Gasteiger partial charge in [0.2, 0.25) is 5.91 Å². The van der Waals surface area contributed by atoms with E-state index in [-0.39, 0.29) is 17.8 Å². The van der Waals surface area contributed by atoms with Crippen LogP contribution < -0.4 is 0 Å². The number of hydrogen-bond donors (Lipinski definition) is 0. The molecule has 1 amide bonds. The van der Waals surface area contributed by atoms with Crippen molar-refractivity contribution in [3.8, 4) is 0 Å². The molecule has 0 bridgehead atoms. The lowest BCUT2D eigenvalue weighted by Gasteiger charge is -2.21. The predicted octanol–water partition coefficient (Wildman–Crippen LogP) is 4.14. The maximum Gasteiger partial charge on any atom is 0.311 e. The van der Waals surface area contributed by atoms with Crippen LogP contribution in [-0.2, 0) is 14.3 Å². The normalized spacial score (nSPS) is 21.8. The van der Waals surface area contributed by atoms with Gasteiger partial charge in [-0.3, -0.25) is 14.6 Å². The van der Waals surface area contributed by atoms with Gasteiger partial charge < -0.3 is 9.64 Å². The second kappa shape index (κ2) is 11.3. The number of amides is 1. The summed E-state index contributed by atoms with van der Waals surface area (Å²) in [6.45, 7) is 5.95. The molecule has 0 spiro atoms. The minimum Gasteiger partial charge on any atom is -0.465 e. The van der Waals surface area contributed by atoms with Gasteiger partial charge in [-0.2, -0.15) is 0 Å². The van der Waals surface area contributed by atoms with E-state index in [1.807, 2.05) is 4.90 Å². The van der Waals surface area contributed by atoms with Crippen molar-refractivity contribution in [3.05, 3.63) is 0 Å². The molecule has 0 radical (unpaired) electrons. The minimum atomic E-state index is -0.284. The minimum absolute atomic E-state index is 0.0861. The average Bonchev–Trinajstić information content (AvgIpc) is 3.02. The Balaban J connectivity index is 1.80. The van der Waals surface area contributed by atoms with Gasteiger partial charge in [0, 0.05) is 25.2 Å². The maximum atomic E-state index is 12.3. The lowest BCUT2D eigenvalue weighted by molar-refractivity contribution is -0.148. The molecule has 2 aliphatic rings. The highest BCUT2D eigenvalue weighted by Gasteiger charge is 2.35. The van der Waals surface area contributed by atoms with E-state index in [1.165, 1.54) is 25.0 Å². The topological polar surface area (TPSA) is 59.0 Å². The Morgan fingerprint density at radius 2 is 1.96 bits per heavy atom. The average molecular weight is 365 g/mol. The van der Waals surface area contributed by atoms with E-state index in [2.05, 4.69) is 13.8 Å². The van der Waals surface area contributed by atoms with Crippen LogP contribution in [0.3, 0.4) is 0 Å². The number of carbonyl (C=O) groups excluding carboxylic acids is 2. The molecule has 2 atom stereocenters. The Labute approximate surface area is 158 Å². The molecular weight excluding hydrogens is 328 g/mol. The molecule has 2 rings (SSSR count). The molecule has 0 N–H and O–H groups in total. The number of unbranched alkanes of at least 4 members (excludes halogenated alkanes) is 1. The van der Waals surface area contributed by atoms with Gasteiger partial charge in [-0.15, -0.1) is 0 Å². The van der Waals surface area contributed by atoms with Crippen molar-refractivity contribution in [1.82, 2.24) is 4.90 Å². The molecule has 2 unspecified atom stereocenters. The Hall–Kier alpha value is -1.39. The van der Waals surface area contributed by atoms with E-state index in [4.69, 9.17) is 9.73 Å². The Morgan fingerprint density at radius 1 is 1.19 bits per heavy atom. The first-order valence-electron chi connectivity index (χ1n) is 10.6. The van der Waals surface area contributed by atoms with E-state index >= 15 is 0 Å². The highest BCUT2D eigenvalue weighted by atomic mass is 16.5. The lowest BCUT2D eigenvalue weighted by atomic mass is 9.97. The van der Waals surface area contributed by atoms with Crippen molar-refractivity contribution in [2.24, 2.45) is 10.9 Å². The molecule has 1 aliphatic heterocycles. The van der Waals surface area contributed by atoms with Crippen molar-refractivity contribution in [2.45, 2.75) is 90.5 Å². The summed E-state index contributed by atoms with van der Waals surface area (Å²) in [7, 11) is 0. The standard InChI is InChI=1S/C21H36N2O3/c1-3-5-14-26-21(25)17-15-20(24)23(16-17)13-12-18(9-4-2)22-19-10-7-6-8-11-19/h17-18H,3-16H2,1-2H3. The SMILES string of the molecule is CCCCOC(=O)C1CC(=O)N(CCC(CCC)N=C2CCCCC2)C1. The van der Waals surface area contributed by atoms with Gasteiger partial charge in [0.25, 0.3) is 0 Å². The van der Waals surface area contributed by atoms with Crippen LogP contribution in [0.25, 0.3) is 0 Å². The second-order valence-corrected chi connectivity index (χ2v) is 7.75. The van der Waals surface area contributed by atoms with E-state index in [0.29, 0.717) is 32.2 Å². The molecule has 2 fully saturated rings. The largest absolute Gasteiger partial charge is 0.465 e. The van der Waals surface area contributed by atoms with Crippen LogP contribution in [0.15, 0.2) is 4.99 Å². The summed E-state index contributed by atoms with van der Waals surface area (Å²) in [4.78, 5) is 31.2. The Morgan fingerprint density at radius 3 is 2.65 bits per heavy atom. The van der Waals surface area contributed by atoms with Crippen LogP contribution in [0.4, 0.5) is 0 Å². The number of nitrogens with zero attached hydrogens (tertiary/aromatic N) is 2. The van der Waals surface area contributed by atoms with Crippen molar-refractivity contribution in [2.75, 3.05) is 19.7 Å². The number of ether oxygens (including phenoxy) is 1. The number of aliphatic imine (C=N–C) groups is 1. The zero-order chi connectivity index (χ0) is 18.8. The fraction of sp³-hybridized carbons (Fsp3) is 0.857. The van der Waals surface area contributed by atoms with Gasteiger partial charge in [-0.1, -0.05) is 33.1 Å². The van der Waals surface area contributed by atoms with E-state index in [9.17, 15) is 9.59 Å². The van der Waals surface area contributed by atoms with Gasteiger partial charge >= 0.3 is 5.97 Å². The second-order valence-electron chi connectivity index (χ2n) is 7.75. The van der Waals surface area contributed by atoms with Gasteiger partial charge in [-0.05, 0) is 44.9 Å².